The third-order valence-electron chi connectivity index (χ3n) is 5.43. The van der Waals surface area contributed by atoms with E-state index in [0.717, 1.165) is 5.56 Å². The highest BCUT2D eigenvalue weighted by atomic mass is 79.9. The van der Waals surface area contributed by atoms with E-state index in [4.69, 9.17) is 25.2 Å². The minimum absolute atomic E-state index is 0.0788. The maximum Gasteiger partial charge on any atom is 0.320 e. The molecular formula is C22H23Br4N3O7. The number of oxime groups is 1. The fourth-order valence-corrected chi connectivity index (χ4v) is 6.88. The smallest absolute Gasteiger partial charge is 0.320 e. The first kappa shape index (κ1) is 29.1. The van der Waals surface area contributed by atoms with Crippen LogP contribution in [-0.4, -0.2) is 65.8 Å². The maximum atomic E-state index is 12.6. The molecule has 1 aromatic rings. The fourth-order valence-electron chi connectivity index (χ4n) is 3.58. The van der Waals surface area contributed by atoms with Gasteiger partial charge in [-0.1, -0.05) is 5.16 Å². The van der Waals surface area contributed by atoms with Crippen molar-refractivity contribution in [3.05, 3.63) is 47.4 Å². The van der Waals surface area contributed by atoms with Crippen molar-refractivity contribution in [2.75, 3.05) is 20.3 Å². The molecule has 1 aromatic carbocycles. The highest BCUT2D eigenvalue weighted by molar-refractivity contribution is 9.12. The molecule has 5 N–H and O–H groups in total. The Balaban J connectivity index is 1.47. The van der Waals surface area contributed by atoms with E-state index in [1.165, 1.54) is 7.11 Å². The number of methoxy groups -OCH3 is 1. The van der Waals surface area contributed by atoms with E-state index in [1.807, 2.05) is 0 Å². The summed E-state index contributed by atoms with van der Waals surface area (Å²) in [6.07, 6.45) is 1.30. The number of ether oxygens (including phenoxy) is 2. The van der Waals surface area contributed by atoms with Gasteiger partial charge in [-0.05, 0) is 100 Å². The molecule has 3 rings (SSSR count). The topological polar surface area (TPSA) is 153 Å². The number of rotatable bonds is 10. The molecule has 1 heterocycles. The number of nitrogens with two attached hydrogens (primary N) is 1. The van der Waals surface area contributed by atoms with Crippen LogP contribution in [0, 0.1) is 0 Å². The number of halogens is 4. The van der Waals surface area contributed by atoms with Crippen molar-refractivity contribution in [3.8, 4) is 5.75 Å². The number of carboxylic acids is 1. The number of carbonyl (C=O) groups excluding carboxylic acids is 1. The van der Waals surface area contributed by atoms with Gasteiger partial charge in [0.1, 0.15) is 29.4 Å². The van der Waals surface area contributed by atoms with E-state index in [2.05, 4.69) is 74.2 Å². The lowest BCUT2D eigenvalue weighted by atomic mass is 9.87. The van der Waals surface area contributed by atoms with Gasteiger partial charge in [0.05, 0.1) is 31.6 Å². The highest BCUT2D eigenvalue weighted by Crippen LogP contribution is 2.44. The summed E-state index contributed by atoms with van der Waals surface area (Å²) >= 11 is 13.6. The molecule has 0 radical (unpaired) electrons. The molecule has 0 saturated carbocycles. The van der Waals surface area contributed by atoms with E-state index in [9.17, 15) is 14.7 Å². The zero-order chi connectivity index (χ0) is 26.6. The van der Waals surface area contributed by atoms with Gasteiger partial charge in [-0.25, -0.2) is 0 Å². The first-order chi connectivity index (χ1) is 17.0. The van der Waals surface area contributed by atoms with E-state index in [1.54, 1.807) is 18.2 Å². The number of carbonyl (C=O) groups is 2. The molecule has 1 amide bonds. The van der Waals surface area contributed by atoms with E-state index in [-0.39, 0.29) is 18.6 Å². The van der Waals surface area contributed by atoms with E-state index >= 15 is 0 Å². The van der Waals surface area contributed by atoms with E-state index < -0.39 is 29.6 Å². The minimum atomic E-state index is -1.21. The van der Waals surface area contributed by atoms with Crippen molar-refractivity contribution < 1.29 is 34.1 Å². The van der Waals surface area contributed by atoms with Crippen molar-refractivity contribution in [1.82, 2.24) is 5.32 Å². The number of allylic oxidation sites excluding steroid dienone is 1. The summed E-state index contributed by atoms with van der Waals surface area (Å²) in [4.78, 5) is 29.1. The molecule has 1 aliphatic heterocycles. The predicted octanol–water partition coefficient (Wildman–Crippen LogP) is 3.47. The second kappa shape index (κ2) is 12.4. The van der Waals surface area contributed by atoms with Crippen molar-refractivity contribution in [3.63, 3.8) is 0 Å². The first-order valence-electron chi connectivity index (χ1n) is 10.6. The van der Waals surface area contributed by atoms with E-state index in [0.29, 0.717) is 49.0 Å². The van der Waals surface area contributed by atoms with Gasteiger partial charge in [-0.3, -0.25) is 9.59 Å². The molecule has 0 fully saturated rings. The fraction of sp³-hybridized carbons (Fsp3) is 0.409. The van der Waals surface area contributed by atoms with Crippen molar-refractivity contribution in [2.45, 2.75) is 37.0 Å². The monoisotopic (exact) mass is 757 g/mol. The van der Waals surface area contributed by atoms with Crippen LogP contribution in [0.25, 0.3) is 0 Å². The van der Waals surface area contributed by atoms with Gasteiger partial charge >= 0.3 is 5.97 Å². The lowest BCUT2D eigenvalue weighted by Gasteiger charge is -2.33. The van der Waals surface area contributed by atoms with Gasteiger partial charge in [0.2, 0.25) is 0 Å². The third-order valence-corrected chi connectivity index (χ3v) is 7.99. The van der Waals surface area contributed by atoms with Gasteiger partial charge in [0, 0.05) is 13.0 Å². The molecule has 0 saturated heterocycles. The number of nitrogens with zero attached hydrogens (tertiary/aromatic N) is 1. The Kier molecular flexibility index (Phi) is 10.0. The van der Waals surface area contributed by atoms with Crippen molar-refractivity contribution >= 4 is 81.3 Å². The van der Waals surface area contributed by atoms with Crippen LogP contribution in [0.1, 0.15) is 18.4 Å². The Morgan fingerprint density at radius 3 is 2.58 bits per heavy atom. The highest BCUT2D eigenvalue weighted by Gasteiger charge is 2.50. The molecule has 14 heteroatoms. The Morgan fingerprint density at radius 2 is 1.97 bits per heavy atom. The maximum absolute atomic E-state index is 12.6. The molecule has 1 unspecified atom stereocenters. The van der Waals surface area contributed by atoms with Crippen LogP contribution in [0.3, 0.4) is 0 Å². The quantitative estimate of drug-likeness (QED) is 0.265. The van der Waals surface area contributed by atoms with Crippen LogP contribution in [0.2, 0.25) is 0 Å². The molecule has 36 heavy (non-hydrogen) atoms. The molecule has 3 atom stereocenters. The van der Waals surface area contributed by atoms with Crippen LogP contribution in [-0.2, 0) is 25.6 Å². The Morgan fingerprint density at radius 1 is 1.31 bits per heavy atom. The second-order valence-corrected chi connectivity index (χ2v) is 11.4. The van der Waals surface area contributed by atoms with Crippen LogP contribution in [0.5, 0.6) is 5.75 Å². The summed E-state index contributed by atoms with van der Waals surface area (Å²) < 4.78 is 13.3. The number of benzene rings is 1. The summed E-state index contributed by atoms with van der Waals surface area (Å²) in [6, 6.07) is 2.52. The van der Waals surface area contributed by atoms with Gasteiger partial charge in [-0.2, -0.15) is 0 Å². The Bertz CT molecular complexity index is 1120. The summed E-state index contributed by atoms with van der Waals surface area (Å²) in [5.74, 6) is -0.476. The minimum Gasteiger partial charge on any atom is -0.495 e. The molecule has 0 aromatic heterocycles. The number of hydrogen-bond acceptors (Lipinski definition) is 8. The summed E-state index contributed by atoms with van der Waals surface area (Å²) in [7, 11) is 1.48. The molecular weight excluding hydrogens is 738 g/mol. The van der Waals surface area contributed by atoms with Crippen molar-refractivity contribution in [1.29, 1.82) is 0 Å². The number of nitrogens with one attached hydrogen (secondary N) is 1. The van der Waals surface area contributed by atoms with Gasteiger partial charge < -0.3 is 35.6 Å². The normalized spacial score (nSPS) is 22.0. The number of aliphatic hydroxyl groups excluding tert-OH is 1. The average molecular weight is 761 g/mol. The van der Waals surface area contributed by atoms with Crippen LogP contribution in [0.4, 0.5) is 0 Å². The molecule has 10 nitrogen and oxygen atoms in total. The molecule has 0 bridgehead atoms. The van der Waals surface area contributed by atoms with Crippen molar-refractivity contribution in [2.24, 2.45) is 10.9 Å². The number of aliphatic hydroxyl groups is 1. The Labute approximate surface area is 240 Å². The molecule has 1 spiro atoms. The average Bonchev–Trinajstić information content (AvgIpc) is 3.24. The molecule has 196 valence electrons. The number of hydrogen-bond donors (Lipinski definition) is 4. The van der Waals surface area contributed by atoms with Crippen LogP contribution in [0.15, 0.2) is 47.0 Å². The SMILES string of the molecule is COC1=C(Br)[C@@H](O)[C@]2(C=C1Br)CC(C(=O)NCCCOc1c(Br)cc(CC(N)C(=O)O)cc1Br)=NO2. The van der Waals surface area contributed by atoms with Crippen LogP contribution < -0.4 is 15.8 Å². The number of carboxylic acid groups (broad SMARTS) is 1. The van der Waals surface area contributed by atoms with Gasteiger partial charge in [0.15, 0.2) is 5.60 Å². The largest absolute Gasteiger partial charge is 0.495 e. The first-order valence-corrected chi connectivity index (χ1v) is 13.8. The lowest BCUT2D eigenvalue weighted by molar-refractivity contribution is -0.138. The zero-order valence-corrected chi connectivity index (χ0v) is 25.2. The third kappa shape index (κ3) is 6.51. The van der Waals surface area contributed by atoms with Gasteiger partial charge in [-0.15, -0.1) is 0 Å². The lowest BCUT2D eigenvalue weighted by Crippen LogP contribution is -2.45. The second-order valence-electron chi connectivity index (χ2n) is 8.03. The standard InChI is InChI=1S/C22H23Br4N3O7/c1-34-18-13(25)8-22(19(30)16(18)26)9-15(29-36-22)20(31)28-3-2-4-35-17-11(23)5-10(6-12(17)24)7-14(27)21(32)33/h5-6,8,14,19,30H,2-4,7,9,27H2,1H3,(H,28,31)(H,32,33)/t14?,19-,22+/m1/s1. The number of aliphatic carboxylic acids is 1. The predicted molar refractivity (Wildman–Crippen MR) is 146 cm³/mol. The molecule has 2 aliphatic rings. The van der Waals surface area contributed by atoms with Crippen LogP contribution >= 0.6 is 63.7 Å². The van der Waals surface area contributed by atoms with Gasteiger partial charge in [0.25, 0.3) is 5.91 Å². The summed E-state index contributed by atoms with van der Waals surface area (Å²) in [5.41, 5.74) is 5.29. The molecule has 1 aliphatic carbocycles. The summed E-state index contributed by atoms with van der Waals surface area (Å²) in [5, 5.41) is 26.4. The Hall–Kier alpha value is -1.45. The zero-order valence-electron chi connectivity index (χ0n) is 18.9. The summed E-state index contributed by atoms with van der Waals surface area (Å²) in [6.45, 7) is 0.634. The number of amides is 1.